The van der Waals surface area contributed by atoms with E-state index >= 15 is 0 Å². The van der Waals surface area contributed by atoms with Gasteiger partial charge in [0.25, 0.3) is 0 Å². The Morgan fingerprint density at radius 2 is 1.75 bits per heavy atom. The van der Waals surface area contributed by atoms with E-state index in [1.807, 2.05) is 0 Å². The van der Waals surface area contributed by atoms with Gasteiger partial charge in [0.2, 0.25) is 0 Å². The first kappa shape index (κ1) is 12.7. The van der Waals surface area contributed by atoms with Gasteiger partial charge in [-0.25, -0.2) is 0 Å². The summed E-state index contributed by atoms with van der Waals surface area (Å²) in [7, 11) is 0. The SMILES string of the molecule is O=C1CCCCCC(C(C(=O)O)C(=O)O)C1. The van der Waals surface area contributed by atoms with Crippen molar-refractivity contribution in [3.8, 4) is 0 Å². The maximum absolute atomic E-state index is 11.4. The maximum Gasteiger partial charge on any atom is 0.318 e. The van der Waals surface area contributed by atoms with Crippen LogP contribution in [0.15, 0.2) is 0 Å². The second-order valence-electron chi connectivity index (χ2n) is 4.26. The summed E-state index contributed by atoms with van der Waals surface area (Å²) in [5.41, 5.74) is 0. The summed E-state index contributed by atoms with van der Waals surface area (Å²) >= 11 is 0. The van der Waals surface area contributed by atoms with Gasteiger partial charge in [-0.05, 0) is 18.8 Å². The lowest BCUT2D eigenvalue weighted by atomic mass is 9.81. The zero-order valence-electron chi connectivity index (χ0n) is 9.02. The molecule has 5 nitrogen and oxygen atoms in total. The fourth-order valence-electron chi connectivity index (χ4n) is 2.20. The largest absolute Gasteiger partial charge is 0.481 e. The van der Waals surface area contributed by atoms with Crippen LogP contribution in [-0.2, 0) is 14.4 Å². The molecule has 1 unspecified atom stereocenters. The van der Waals surface area contributed by atoms with Gasteiger partial charge in [0, 0.05) is 12.8 Å². The van der Waals surface area contributed by atoms with Crippen LogP contribution in [-0.4, -0.2) is 27.9 Å². The molecule has 0 spiro atoms. The van der Waals surface area contributed by atoms with Crippen LogP contribution in [0.1, 0.15) is 38.5 Å². The molecule has 16 heavy (non-hydrogen) atoms. The van der Waals surface area contributed by atoms with Gasteiger partial charge in [-0.2, -0.15) is 0 Å². The molecule has 90 valence electrons. The molecule has 1 saturated carbocycles. The number of Topliss-reactive ketones (excluding diaryl/α,β-unsaturated/α-hetero) is 1. The van der Waals surface area contributed by atoms with Gasteiger partial charge < -0.3 is 10.2 Å². The standard InChI is InChI=1S/C11H16O5/c12-8-5-3-1-2-4-7(6-8)9(10(13)14)11(15)16/h7,9H,1-6H2,(H,13,14)(H,15,16). The number of carbonyl (C=O) groups excluding carboxylic acids is 1. The van der Waals surface area contributed by atoms with Crippen molar-refractivity contribution >= 4 is 17.7 Å². The van der Waals surface area contributed by atoms with E-state index in [4.69, 9.17) is 10.2 Å². The Morgan fingerprint density at radius 3 is 2.31 bits per heavy atom. The van der Waals surface area contributed by atoms with Crippen LogP contribution in [0.3, 0.4) is 0 Å². The molecule has 1 aliphatic rings. The van der Waals surface area contributed by atoms with Crippen molar-refractivity contribution in [2.75, 3.05) is 0 Å². The molecule has 0 amide bonds. The van der Waals surface area contributed by atoms with E-state index in [1.165, 1.54) is 0 Å². The molecule has 1 aliphatic carbocycles. The summed E-state index contributed by atoms with van der Waals surface area (Å²) in [6.07, 6.45) is 3.54. The molecule has 2 N–H and O–H groups in total. The number of carboxylic acids is 2. The van der Waals surface area contributed by atoms with Crippen LogP contribution in [0.4, 0.5) is 0 Å². The number of carbonyl (C=O) groups is 3. The first-order valence-corrected chi connectivity index (χ1v) is 5.49. The molecule has 0 aromatic carbocycles. The Hall–Kier alpha value is -1.39. The van der Waals surface area contributed by atoms with E-state index in [2.05, 4.69) is 0 Å². The van der Waals surface area contributed by atoms with E-state index in [9.17, 15) is 14.4 Å². The van der Waals surface area contributed by atoms with Crippen molar-refractivity contribution in [2.45, 2.75) is 38.5 Å². The molecule has 0 radical (unpaired) electrons. The van der Waals surface area contributed by atoms with Crippen LogP contribution >= 0.6 is 0 Å². The fourth-order valence-corrected chi connectivity index (χ4v) is 2.20. The first-order valence-electron chi connectivity index (χ1n) is 5.49. The zero-order valence-corrected chi connectivity index (χ0v) is 9.02. The normalized spacial score (nSPS) is 22.6. The van der Waals surface area contributed by atoms with Gasteiger partial charge in [-0.15, -0.1) is 0 Å². The lowest BCUT2D eigenvalue weighted by Gasteiger charge is -2.22. The Bertz CT molecular complexity index is 283. The number of aliphatic carboxylic acids is 2. The lowest BCUT2D eigenvalue weighted by Crippen LogP contribution is -2.33. The summed E-state index contributed by atoms with van der Waals surface area (Å²) in [5, 5.41) is 17.7. The molecule has 0 aromatic heterocycles. The third kappa shape index (κ3) is 3.32. The fraction of sp³-hybridized carbons (Fsp3) is 0.727. The Balaban J connectivity index is 2.76. The topological polar surface area (TPSA) is 91.7 Å². The van der Waals surface area contributed by atoms with E-state index in [0.717, 1.165) is 19.3 Å². The molecule has 1 fully saturated rings. The summed E-state index contributed by atoms with van der Waals surface area (Å²) in [5.74, 6) is -4.70. The Morgan fingerprint density at radius 1 is 1.12 bits per heavy atom. The predicted molar refractivity (Wildman–Crippen MR) is 55.0 cm³/mol. The van der Waals surface area contributed by atoms with Crippen LogP contribution < -0.4 is 0 Å². The Kier molecular flexibility index (Phi) is 4.46. The zero-order chi connectivity index (χ0) is 12.1. The molecular weight excluding hydrogens is 212 g/mol. The monoisotopic (exact) mass is 228 g/mol. The highest BCUT2D eigenvalue weighted by atomic mass is 16.4. The van der Waals surface area contributed by atoms with Crippen molar-refractivity contribution in [1.82, 2.24) is 0 Å². The number of hydrogen-bond acceptors (Lipinski definition) is 3. The van der Waals surface area contributed by atoms with Gasteiger partial charge in [0.1, 0.15) is 5.78 Å². The molecule has 5 heteroatoms. The molecule has 1 atom stereocenters. The van der Waals surface area contributed by atoms with Gasteiger partial charge in [-0.3, -0.25) is 14.4 Å². The highest BCUT2D eigenvalue weighted by Crippen LogP contribution is 2.27. The summed E-state index contributed by atoms with van der Waals surface area (Å²) < 4.78 is 0. The highest BCUT2D eigenvalue weighted by Gasteiger charge is 2.35. The van der Waals surface area contributed by atoms with E-state index in [1.54, 1.807) is 0 Å². The second-order valence-corrected chi connectivity index (χ2v) is 4.26. The van der Waals surface area contributed by atoms with Gasteiger partial charge in [0.05, 0.1) is 0 Å². The minimum atomic E-state index is -1.44. The van der Waals surface area contributed by atoms with Crippen LogP contribution in [0.2, 0.25) is 0 Å². The lowest BCUT2D eigenvalue weighted by molar-refractivity contribution is -0.157. The van der Waals surface area contributed by atoms with Gasteiger partial charge in [-0.1, -0.05) is 12.8 Å². The van der Waals surface area contributed by atoms with Gasteiger partial charge in [0.15, 0.2) is 5.92 Å². The van der Waals surface area contributed by atoms with Crippen molar-refractivity contribution in [3.63, 3.8) is 0 Å². The van der Waals surface area contributed by atoms with E-state index in [-0.39, 0.29) is 12.2 Å². The number of hydrogen-bond donors (Lipinski definition) is 2. The minimum absolute atomic E-state index is 0.0165. The van der Waals surface area contributed by atoms with Crippen molar-refractivity contribution in [3.05, 3.63) is 0 Å². The molecular formula is C11H16O5. The average molecular weight is 228 g/mol. The summed E-state index contributed by atoms with van der Waals surface area (Å²) in [6.45, 7) is 0. The number of rotatable bonds is 3. The minimum Gasteiger partial charge on any atom is -0.481 e. The second kappa shape index (κ2) is 5.63. The van der Waals surface area contributed by atoms with Crippen molar-refractivity contribution in [2.24, 2.45) is 11.8 Å². The molecule has 1 rings (SSSR count). The van der Waals surface area contributed by atoms with Gasteiger partial charge >= 0.3 is 11.9 Å². The highest BCUT2D eigenvalue weighted by molar-refractivity contribution is 5.94. The number of ketones is 1. The van der Waals surface area contributed by atoms with E-state index < -0.39 is 23.8 Å². The third-order valence-electron chi connectivity index (χ3n) is 3.02. The summed E-state index contributed by atoms with van der Waals surface area (Å²) in [4.78, 5) is 33.1. The average Bonchev–Trinajstić information content (AvgIpc) is 2.11. The van der Waals surface area contributed by atoms with Crippen LogP contribution in [0.5, 0.6) is 0 Å². The molecule has 0 aromatic rings. The quantitative estimate of drug-likeness (QED) is 0.710. The molecule has 0 heterocycles. The first-order chi connectivity index (χ1) is 7.52. The third-order valence-corrected chi connectivity index (χ3v) is 3.02. The Labute approximate surface area is 93.5 Å². The molecule has 0 bridgehead atoms. The summed E-state index contributed by atoms with van der Waals surface area (Å²) in [6, 6.07) is 0. The smallest absolute Gasteiger partial charge is 0.318 e. The van der Waals surface area contributed by atoms with Crippen LogP contribution in [0.25, 0.3) is 0 Å². The number of carboxylic acid groups (broad SMARTS) is 2. The van der Waals surface area contributed by atoms with E-state index in [0.29, 0.717) is 12.8 Å². The predicted octanol–water partition coefficient (Wildman–Crippen LogP) is 1.31. The molecule has 0 aliphatic heterocycles. The van der Waals surface area contributed by atoms with Crippen molar-refractivity contribution in [1.29, 1.82) is 0 Å². The van der Waals surface area contributed by atoms with Crippen molar-refractivity contribution < 1.29 is 24.6 Å². The van der Waals surface area contributed by atoms with Crippen LogP contribution in [0, 0.1) is 11.8 Å². The maximum atomic E-state index is 11.4. The molecule has 0 saturated heterocycles.